The summed E-state index contributed by atoms with van der Waals surface area (Å²) < 4.78 is 101. The number of carboxylic acid groups (broad SMARTS) is 2. The normalized spacial score (nSPS) is 23.6. The molecule has 0 radical (unpaired) electrons. The highest BCUT2D eigenvalue weighted by atomic mass is 35.5. The number of H-pyrrole nitrogens is 1. The van der Waals surface area contributed by atoms with Crippen LogP contribution in [0.25, 0.3) is 33.1 Å². The van der Waals surface area contributed by atoms with Gasteiger partial charge < -0.3 is 25.0 Å². The van der Waals surface area contributed by atoms with Crippen LogP contribution >= 0.6 is 11.6 Å². The summed E-state index contributed by atoms with van der Waals surface area (Å²) in [5.74, 6) is -5.22. The van der Waals surface area contributed by atoms with Crippen LogP contribution in [0, 0.1) is 11.7 Å². The van der Waals surface area contributed by atoms with Crippen molar-refractivity contribution in [2.45, 2.75) is 94.4 Å². The fourth-order valence-electron chi connectivity index (χ4n) is 8.40. The maximum Gasteiger partial charge on any atom is 0.490 e. The Balaban J connectivity index is 0.000000361. The minimum atomic E-state index is -5.08. The van der Waals surface area contributed by atoms with Gasteiger partial charge >= 0.3 is 30.3 Å². The fraction of sp³-hybridized carbons (Fsp3) is 0.568. The Morgan fingerprint density at radius 1 is 0.966 bits per heavy atom. The second-order valence-electron chi connectivity index (χ2n) is 15.1. The molecule has 59 heavy (non-hydrogen) atoms. The number of hydrogen-bond donors (Lipinski definition) is 4. The number of pyridine rings is 1. The molecule has 322 valence electrons. The zero-order valence-corrected chi connectivity index (χ0v) is 32.0. The van der Waals surface area contributed by atoms with Crippen LogP contribution in [0.1, 0.15) is 63.4 Å². The van der Waals surface area contributed by atoms with Crippen LogP contribution < -0.4 is 9.64 Å². The number of ether oxygens (including phenoxy) is 1. The molecule has 4 atom stereocenters. The van der Waals surface area contributed by atoms with E-state index in [1.807, 2.05) is 6.07 Å². The number of nitrogens with zero attached hydrogens (tertiary/aromatic N) is 6. The SMILES string of the molecule is O=C(O)C(F)(F)F.O=C(O)C(F)(F)F.O[C@H]1CCCCc2c(Cl)cc3[nH]ncc3c2-c2ncc3c(nc(OC[C@@]45CCCN4C[C@H](F)C5)nc3c2F)N2CCC[C@@H](C1)C2. The van der Waals surface area contributed by atoms with Gasteiger partial charge in [-0.05, 0) is 75.5 Å². The van der Waals surface area contributed by atoms with Gasteiger partial charge in [-0.15, -0.1) is 0 Å². The van der Waals surface area contributed by atoms with E-state index in [9.17, 15) is 35.8 Å². The van der Waals surface area contributed by atoms with Gasteiger partial charge in [-0.3, -0.25) is 15.0 Å². The highest BCUT2D eigenvalue weighted by Crippen LogP contribution is 2.43. The molecule has 4 N–H and O–H groups in total. The first kappa shape index (κ1) is 43.9. The Kier molecular flexibility index (Phi) is 13.1. The van der Waals surface area contributed by atoms with Gasteiger partial charge in [0.15, 0.2) is 5.82 Å². The first-order chi connectivity index (χ1) is 27.8. The van der Waals surface area contributed by atoms with Gasteiger partial charge in [0.1, 0.15) is 29.8 Å². The number of aliphatic hydroxyl groups is 1. The number of aliphatic hydroxyl groups excluding tert-OH is 1. The van der Waals surface area contributed by atoms with E-state index in [1.165, 1.54) is 0 Å². The van der Waals surface area contributed by atoms with Crippen molar-refractivity contribution in [3.05, 3.63) is 34.9 Å². The number of alkyl halides is 7. The van der Waals surface area contributed by atoms with Gasteiger partial charge in [0.2, 0.25) is 0 Å². The Morgan fingerprint density at radius 3 is 2.37 bits per heavy atom. The van der Waals surface area contributed by atoms with Crippen molar-refractivity contribution in [1.82, 2.24) is 30.0 Å². The fourth-order valence-corrected chi connectivity index (χ4v) is 8.70. The van der Waals surface area contributed by atoms with Gasteiger partial charge in [-0.2, -0.15) is 41.4 Å². The summed E-state index contributed by atoms with van der Waals surface area (Å²) in [6.07, 6.45) is -0.244. The van der Waals surface area contributed by atoms with Gasteiger partial charge in [0.05, 0.1) is 28.7 Å². The summed E-state index contributed by atoms with van der Waals surface area (Å²) in [6.45, 7) is 2.96. The molecule has 4 aromatic rings. The maximum absolute atomic E-state index is 17.0. The van der Waals surface area contributed by atoms with Crippen LogP contribution in [0.15, 0.2) is 18.5 Å². The van der Waals surface area contributed by atoms with Crippen molar-refractivity contribution in [2.75, 3.05) is 37.7 Å². The number of rotatable bonds is 3. The molecule has 13 nitrogen and oxygen atoms in total. The minimum absolute atomic E-state index is 0.0835. The molecule has 0 aliphatic carbocycles. The molecule has 0 unspecified atom stereocenters. The van der Waals surface area contributed by atoms with E-state index >= 15 is 4.39 Å². The first-order valence-corrected chi connectivity index (χ1v) is 19.2. The molecular formula is C37H40ClF8N7O6. The largest absolute Gasteiger partial charge is 0.490 e. The van der Waals surface area contributed by atoms with Crippen LogP contribution in [0.2, 0.25) is 5.02 Å². The van der Waals surface area contributed by atoms with Crippen LogP contribution in [0.4, 0.5) is 40.9 Å². The van der Waals surface area contributed by atoms with E-state index in [0.717, 1.165) is 62.6 Å². The molecule has 3 fully saturated rings. The van der Waals surface area contributed by atoms with Crippen LogP contribution in [-0.4, -0.2) is 120 Å². The molecule has 0 saturated carbocycles. The number of carboxylic acids is 2. The summed E-state index contributed by atoms with van der Waals surface area (Å²) >= 11 is 6.83. The van der Waals surface area contributed by atoms with Crippen molar-refractivity contribution in [3.63, 3.8) is 0 Å². The van der Waals surface area contributed by atoms with Crippen LogP contribution in [0.3, 0.4) is 0 Å². The zero-order valence-electron chi connectivity index (χ0n) is 31.2. The average molecular weight is 866 g/mol. The van der Waals surface area contributed by atoms with E-state index in [-0.39, 0.29) is 35.3 Å². The lowest BCUT2D eigenvalue weighted by Gasteiger charge is -2.35. The Labute approximate surface area is 335 Å². The third-order valence-corrected chi connectivity index (χ3v) is 11.4. The number of piperidine rings is 1. The standard InChI is InChI=1S/C33H38ClF2N7O2.2C2HF3O2/c34-25-12-26-23(15-38-41-26)27-22(25)7-2-1-6-21(44)11-19-5-3-9-42(16-19)31-24-14-37-30(27)28(36)29(24)39-32(40-31)45-18-33-8-4-10-43(33)17-20(35)13-33;2*3-2(4,5)1(6)7/h12,14-15,19-21,44H,1-11,13,16-18H2,(H,38,41);2*(H,6,7)/t19-,20+,21-,33-;;/m0../s1. The van der Waals surface area contributed by atoms with E-state index in [1.54, 1.807) is 12.4 Å². The molecule has 5 aliphatic heterocycles. The molecule has 9 rings (SSSR count). The third-order valence-electron chi connectivity index (χ3n) is 11.0. The molecule has 22 heteroatoms. The number of benzene rings is 1. The second-order valence-corrected chi connectivity index (χ2v) is 15.5. The summed E-state index contributed by atoms with van der Waals surface area (Å²) in [5.41, 5.74) is 1.99. The highest BCUT2D eigenvalue weighted by Gasteiger charge is 2.49. The van der Waals surface area contributed by atoms with E-state index < -0.39 is 42.4 Å². The molecule has 1 aromatic carbocycles. The van der Waals surface area contributed by atoms with Crippen molar-refractivity contribution in [3.8, 4) is 17.3 Å². The number of halogens is 9. The lowest BCUT2D eigenvalue weighted by Crippen LogP contribution is -2.43. The summed E-state index contributed by atoms with van der Waals surface area (Å²) in [4.78, 5) is 36.4. The predicted octanol–water partition coefficient (Wildman–Crippen LogP) is 7.28. The lowest BCUT2D eigenvalue weighted by atomic mass is 9.89. The molecule has 3 saturated heterocycles. The molecule has 0 spiro atoms. The van der Waals surface area contributed by atoms with E-state index in [2.05, 4.69) is 25.0 Å². The number of hydrogen-bond acceptors (Lipinski definition) is 10. The van der Waals surface area contributed by atoms with E-state index in [0.29, 0.717) is 66.1 Å². The number of fused-ring (bicyclic) bond motifs is 8. The summed E-state index contributed by atoms with van der Waals surface area (Å²) in [7, 11) is 0. The monoisotopic (exact) mass is 865 g/mol. The Bertz CT molecular complexity index is 2150. The highest BCUT2D eigenvalue weighted by molar-refractivity contribution is 6.33. The number of nitrogens with one attached hydrogen (secondary N) is 1. The van der Waals surface area contributed by atoms with Gasteiger partial charge in [0.25, 0.3) is 0 Å². The number of aromatic nitrogens is 5. The van der Waals surface area contributed by atoms with E-state index in [4.69, 9.17) is 46.1 Å². The number of anilines is 1. The molecular weight excluding hydrogens is 826 g/mol. The number of aliphatic carboxylic acids is 2. The van der Waals surface area contributed by atoms with Crippen molar-refractivity contribution >= 4 is 51.2 Å². The Hall–Kier alpha value is -4.63. The molecule has 3 aromatic heterocycles. The maximum atomic E-state index is 17.0. The van der Waals surface area contributed by atoms with Crippen molar-refractivity contribution < 1.29 is 64.8 Å². The van der Waals surface area contributed by atoms with Gasteiger partial charge in [-0.25, -0.2) is 18.4 Å². The molecule has 8 heterocycles. The summed E-state index contributed by atoms with van der Waals surface area (Å²) in [6, 6.07) is 1.91. The van der Waals surface area contributed by atoms with Crippen molar-refractivity contribution in [2.24, 2.45) is 5.92 Å². The van der Waals surface area contributed by atoms with Crippen LogP contribution in [0.5, 0.6) is 6.01 Å². The first-order valence-electron chi connectivity index (χ1n) is 18.8. The average Bonchev–Trinajstić information content (AvgIpc) is 3.86. The summed E-state index contributed by atoms with van der Waals surface area (Å²) in [5, 5.41) is 34.2. The predicted molar refractivity (Wildman–Crippen MR) is 196 cm³/mol. The molecule has 6 bridgehead atoms. The Morgan fingerprint density at radius 2 is 1.68 bits per heavy atom. The topological polar surface area (TPSA) is 178 Å². The zero-order chi connectivity index (χ0) is 42.9. The van der Waals surface area contributed by atoms with Crippen molar-refractivity contribution in [1.29, 1.82) is 0 Å². The molecule has 5 aliphatic rings. The van der Waals surface area contributed by atoms with Gasteiger partial charge in [-0.1, -0.05) is 18.0 Å². The second kappa shape index (κ2) is 17.5. The molecule has 0 amide bonds. The third kappa shape index (κ3) is 9.88. The smallest absolute Gasteiger partial charge is 0.475 e. The number of aromatic amines is 1. The van der Waals surface area contributed by atoms with Crippen LogP contribution in [-0.2, 0) is 16.0 Å². The number of carbonyl (C=O) groups is 2. The minimum Gasteiger partial charge on any atom is -0.475 e. The van der Waals surface area contributed by atoms with Gasteiger partial charge in [0, 0.05) is 48.2 Å². The lowest BCUT2D eigenvalue weighted by molar-refractivity contribution is -0.193. The quantitative estimate of drug-likeness (QED) is 0.152.